The maximum Gasteiger partial charge on any atom is 0.275 e. The summed E-state index contributed by atoms with van der Waals surface area (Å²) in [6.07, 6.45) is 0. The normalized spacial score (nSPS) is 14.2. The maximum absolute atomic E-state index is 12.1. The third-order valence-electron chi connectivity index (χ3n) is 3.21. The van der Waals surface area contributed by atoms with Crippen LogP contribution < -0.4 is 10.6 Å². The van der Waals surface area contributed by atoms with Gasteiger partial charge in [-0.25, -0.2) is 0 Å². The van der Waals surface area contributed by atoms with Crippen molar-refractivity contribution < 1.29 is 14.7 Å². The highest BCUT2D eigenvalue weighted by Crippen LogP contribution is 2.30. The Hall–Kier alpha value is -2.79. The number of halogens is 1. The Morgan fingerprint density at radius 3 is 2.32 bits per heavy atom. The van der Waals surface area contributed by atoms with Crippen LogP contribution in [0, 0.1) is 0 Å². The van der Waals surface area contributed by atoms with Crippen LogP contribution in [0.4, 0.5) is 5.69 Å². The first-order valence-corrected chi connectivity index (χ1v) is 6.85. The van der Waals surface area contributed by atoms with Crippen LogP contribution in [0.25, 0.3) is 5.57 Å². The second-order valence-corrected chi connectivity index (χ2v) is 5.09. The standard InChI is InChI=1S/C16H11ClN2O3/c17-12-4-2-1-3-11(12)13-14(16(22)19-15(13)21)18-9-5-7-10(20)8-6-9/h1-8,20H,(H2,18,19,21,22). The van der Waals surface area contributed by atoms with Crippen molar-refractivity contribution >= 4 is 34.7 Å². The number of aromatic hydroxyl groups is 1. The molecule has 5 nitrogen and oxygen atoms in total. The molecule has 2 aromatic carbocycles. The zero-order chi connectivity index (χ0) is 15.7. The smallest absolute Gasteiger partial charge is 0.275 e. The number of carbonyl (C=O) groups is 2. The summed E-state index contributed by atoms with van der Waals surface area (Å²) in [5.41, 5.74) is 1.38. The lowest BCUT2D eigenvalue weighted by molar-refractivity contribution is -0.123. The van der Waals surface area contributed by atoms with Crippen LogP contribution >= 0.6 is 11.6 Å². The summed E-state index contributed by atoms with van der Waals surface area (Å²) in [5.74, 6) is -0.912. The molecule has 0 saturated heterocycles. The molecule has 0 radical (unpaired) electrons. The van der Waals surface area contributed by atoms with Crippen LogP contribution in [0.2, 0.25) is 5.02 Å². The summed E-state index contributed by atoms with van der Waals surface area (Å²) >= 11 is 6.12. The van der Waals surface area contributed by atoms with E-state index < -0.39 is 11.8 Å². The van der Waals surface area contributed by atoms with Gasteiger partial charge >= 0.3 is 0 Å². The third kappa shape index (κ3) is 2.54. The molecule has 22 heavy (non-hydrogen) atoms. The Morgan fingerprint density at radius 2 is 1.64 bits per heavy atom. The van der Waals surface area contributed by atoms with Gasteiger partial charge in [0.05, 0.1) is 5.57 Å². The minimum Gasteiger partial charge on any atom is -0.508 e. The lowest BCUT2D eigenvalue weighted by Crippen LogP contribution is -2.24. The highest BCUT2D eigenvalue weighted by molar-refractivity contribution is 6.40. The van der Waals surface area contributed by atoms with Crippen molar-refractivity contribution in [2.75, 3.05) is 5.32 Å². The van der Waals surface area contributed by atoms with Gasteiger partial charge in [-0.15, -0.1) is 0 Å². The number of carbonyl (C=O) groups excluding carboxylic acids is 2. The van der Waals surface area contributed by atoms with Gasteiger partial charge < -0.3 is 10.4 Å². The zero-order valence-corrected chi connectivity index (χ0v) is 12.0. The summed E-state index contributed by atoms with van der Waals surface area (Å²) in [7, 11) is 0. The molecule has 2 amide bonds. The van der Waals surface area contributed by atoms with E-state index in [4.69, 9.17) is 11.6 Å². The molecule has 0 unspecified atom stereocenters. The predicted octanol–water partition coefficient (Wildman–Crippen LogP) is 2.53. The summed E-state index contributed by atoms with van der Waals surface area (Å²) in [5, 5.41) is 14.8. The van der Waals surface area contributed by atoms with Crippen molar-refractivity contribution in [3.8, 4) is 5.75 Å². The van der Waals surface area contributed by atoms with Crippen molar-refractivity contribution in [2.45, 2.75) is 0 Å². The maximum atomic E-state index is 12.1. The number of anilines is 1. The number of hydrogen-bond donors (Lipinski definition) is 3. The van der Waals surface area contributed by atoms with Crippen molar-refractivity contribution in [3.63, 3.8) is 0 Å². The van der Waals surface area contributed by atoms with E-state index in [0.717, 1.165) is 0 Å². The Morgan fingerprint density at radius 1 is 0.955 bits per heavy atom. The minimum absolute atomic E-state index is 0.109. The quantitative estimate of drug-likeness (QED) is 0.601. The van der Waals surface area contributed by atoms with E-state index in [-0.39, 0.29) is 17.0 Å². The molecule has 1 aliphatic heterocycles. The van der Waals surface area contributed by atoms with Gasteiger partial charge in [0.25, 0.3) is 11.8 Å². The van der Waals surface area contributed by atoms with Gasteiger partial charge in [0.15, 0.2) is 0 Å². The number of imide groups is 1. The van der Waals surface area contributed by atoms with E-state index in [1.165, 1.54) is 12.1 Å². The first kappa shape index (κ1) is 14.2. The highest BCUT2D eigenvalue weighted by atomic mass is 35.5. The van der Waals surface area contributed by atoms with Gasteiger partial charge in [0.2, 0.25) is 0 Å². The monoisotopic (exact) mass is 314 g/mol. The van der Waals surface area contributed by atoms with Crippen LogP contribution in [0.1, 0.15) is 5.56 Å². The van der Waals surface area contributed by atoms with Gasteiger partial charge in [-0.05, 0) is 30.3 Å². The van der Waals surface area contributed by atoms with Gasteiger partial charge in [-0.1, -0.05) is 29.8 Å². The Bertz CT molecular complexity index is 797. The van der Waals surface area contributed by atoms with E-state index in [1.807, 2.05) is 0 Å². The lowest BCUT2D eigenvalue weighted by Gasteiger charge is -2.09. The summed E-state index contributed by atoms with van der Waals surface area (Å²) in [6.45, 7) is 0. The average molecular weight is 315 g/mol. The molecule has 110 valence electrons. The summed E-state index contributed by atoms with van der Waals surface area (Å²) in [4.78, 5) is 24.1. The first-order chi connectivity index (χ1) is 10.6. The predicted molar refractivity (Wildman–Crippen MR) is 83.3 cm³/mol. The van der Waals surface area contributed by atoms with Crippen LogP contribution in [0.15, 0.2) is 54.2 Å². The number of hydrogen-bond acceptors (Lipinski definition) is 4. The zero-order valence-electron chi connectivity index (χ0n) is 11.3. The van der Waals surface area contributed by atoms with E-state index in [2.05, 4.69) is 10.6 Å². The van der Waals surface area contributed by atoms with Gasteiger partial charge in [-0.3, -0.25) is 14.9 Å². The molecule has 0 spiro atoms. The number of phenolic OH excluding ortho intramolecular Hbond substituents is 1. The van der Waals surface area contributed by atoms with E-state index in [1.54, 1.807) is 36.4 Å². The molecule has 6 heteroatoms. The number of benzene rings is 2. The number of rotatable bonds is 3. The SMILES string of the molecule is O=C1NC(=O)C(c2ccccc2Cl)=C1Nc1ccc(O)cc1. The molecule has 0 atom stereocenters. The molecule has 0 aliphatic carbocycles. The third-order valence-corrected chi connectivity index (χ3v) is 3.54. The van der Waals surface area contributed by atoms with Crippen molar-refractivity contribution in [1.82, 2.24) is 5.32 Å². The molecule has 1 aliphatic rings. The fraction of sp³-hybridized carbons (Fsp3) is 0. The molecular weight excluding hydrogens is 304 g/mol. The fourth-order valence-electron chi connectivity index (χ4n) is 2.18. The Kier molecular flexibility index (Phi) is 3.56. The second kappa shape index (κ2) is 5.54. The lowest BCUT2D eigenvalue weighted by atomic mass is 10.0. The number of amides is 2. The number of nitrogens with one attached hydrogen (secondary N) is 2. The van der Waals surface area contributed by atoms with Crippen LogP contribution in [0.5, 0.6) is 5.75 Å². The van der Waals surface area contributed by atoms with Crippen LogP contribution in [-0.2, 0) is 9.59 Å². The molecule has 0 bridgehead atoms. The fourth-order valence-corrected chi connectivity index (χ4v) is 2.41. The van der Waals surface area contributed by atoms with Gasteiger partial charge in [0, 0.05) is 16.3 Å². The highest BCUT2D eigenvalue weighted by Gasteiger charge is 2.32. The van der Waals surface area contributed by atoms with Crippen LogP contribution in [0.3, 0.4) is 0 Å². The molecule has 0 fully saturated rings. The minimum atomic E-state index is -0.520. The topological polar surface area (TPSA) is 78.4 Å². The summed E-state index contributed by atoms with van der Waals surface area (Å²) in [6, 6.07) is 13.0. The molecule has 0 aromatic heterocycles. The Labute approximate surface area is 131 Å². The van der Waals surface area contributed by atoms with Gasteiger partial charge in [0.1, 0.15) is 11.4 Å². The molecule has 0 saturated carbocycles. The van der Waals surface area contributed by atoms with Crippen LogP contribution in [-0.4, -0.2) is 16.9 Å². The van der Waals surface area contributed by atoms with E-state index in [0.29, 0.717) is 16.3 Å². The van der Waals surface area contributed by atoms with E-state index >= 15 is 0 Å². The van der Waals surface area contributed by atoms with E-state index in [9.17, 15) is 14.7 Å². The second-order valence-electron chi connectivity index (χ2n) is 4.68. The van der Waals surface area contributed by atoms with Gasteiger partial charge in [-0.2, -0.15) is 0 Å². The number of phenols is 1. The molecule has 2 aromatic rings. The Balaban J connectivity index is 2.07. The first-order valence-electron chi connectivity index (χ1n) is 6.47. The largest absolute Gasteiger partial charge is 0.508 e. The van der Waals surface area contributed by atoms with Crippen molar-refractivity contribution in [1.29, 1.82) is 0 Å². The molecule has 3 rings (SSSR count). The van der Waals surface area contributed by atoms with Crippen molar-refractivity contribution in [3.05, 3.63) is 64.8 Å². The molecule has 1 heterocycles. The van der Waals surface area contributed by atoms with Crippen molar-refractivity contribution in [2.24, 2.45) is 0 Å². The average Bonchev–Trinajstić information content (AvgIpc) is 2.76. The molecular formula is C16H11ClN2O3. The summed E-state index contributed by atoms with van der Waals surface area (Å²) < 4.78 is 0. The molecule has 3 N–H and O–H groups in total.